The van der Waals surface area contributed by atoms with Crippen molar-refractivity contribution in [1.29, 1.82) is 0 Å². The minimum atomic E-state index is -1.14. The molecule has 6 nitrogen and oxygen atoms in total. The first-order valence-corrected chi connectivity index (χ1v) is 8.26. The molecule has 25 heavy (non-hydrogen) atoms. The number of aromatic hydroxyl groups is 1. The number of rotatable bonds is 7. The van der Waals surface area contributed by atoms with Crippen molar-refractivity contribution in [3.05, 3.63) is 63.6 Å². The van der Waals surface area contributed by atoms with Gasteiger partial charge in [-0.05, 0) is 25.8 Å². The molecular formula is C19H23NO5. The Morgan fingerprint density at radius 2 is 1.92 bits per heavy atom. The molecular weight excluding hydrogens is 322 g/mol. The van der Waals surface area contributed by atoms with Crippen molar-refractivity contribution in [3.63, 3.8) is 0 Å². The molecule has 0 aliphatic rings. The fourth-order valence-corrected chi connectivity index (χ4v) is 2.59. The number of hydrogen-bond donors (Lipinski definition) is 2. The van der Waals surface area contributed by atoms with Gasteiger partial charge in [-0.1, -0.05) is 29.8 Å². The van der Waals surface area contributed by atoms with E-state index in [1.165, 1.54) is 12.3 Å². The predicted octanol–water partition coefficient (Wildman–Crippen LogP) is 2.29. The first-order chi connectivity index (χ1) is 11.9. The molecule has 0 saturated carbocycles. The monoisotopic (exact) mass is 345 g/mol. The number of ether oxygens (including phenoxy) is 1. The lowest BCUT2D eigenvalue weighted by Gasteiger charge is -2.19. The van der Waals surface area contributed by atoms with Crippen molar-refractivity contribution in [3.8, 4) is 5.75 Å². The predicted molar refractivity (Wildman–Crippen MR) is 93.5 cm³/mol. The summed E-state index contributed by atoms with van der Waals surface area (Å²) in [4.78, 5) is 23.2. The summed E-state index contributed by atoms with van der Waals surface area (Å²) in [6, 6.07) is 8.44. The van der Waals surface area contributed by atoms with E-state index in [9.17, 15) is 19.8 Å². The standard InChI is InChI=1S/C19H23NO5/c1-3-25-16(22)5-4-11-20-12-10-15(21)19(24)17(20)18(23)14-8-6-13(2)7-9-14/h6-10,12,18,23-24H,3-5,11H2,1-2H3. The Kier molecular flexibility index (Phi) is 6.36. The fourth-order valence-electron chi connectivity index (χ4n) is 2.59. The van der Waals surface area contributed by atoms with Gasteiger partial charge in [-0.25, -0.2) is 0 Å². The number of aliphatic hydroxyl groups excluding tert-OH is 1. The van der Waals surface area contributed by atoms with E-state index >= 15 is 0 Å². The summed E-state index contributed by atoms with van der Waals surface area (Å²) in [5.74, 6) is -0.778. The maximum atomic E-state index is 11.8. The molecule has 1 aromatic carbocycles. The van der Waals surface area contributed by atoms with Crippen LogP contribution in [0.25, 0.3) is 0 Å². The molecule has 1 unspecified atom stereocenters. The Morgan fingerprint density at radius 1 is 1.24 bits per heavy atom. The van der Waals surface area contributed by atoms with E-state index in [1.54, 1.807) is 23.6 Å². The van der Waals surface area contributed by atoms with Crippen LogP contribution in [0.2, 0.25) is 0 Å². The SMILES string of the molecule is CCOC(=O)CCCn1ccc(=O)c(O)c1C(O)c1ccc(C)cc1. The van der Waals surface area contributed by atoms with E-state index in [1.807, 2.05) is 19.1 Å². The van der Waals surface area contributed by atoms with E-state index in [4.69, 9.17) is 4.74 Å². The maximum Gasteiger partial charge on any atom is 0.305 e. The molecule has 1 heterocycles. The summed E-state index contributed by atoms with van der Waals surface area (Å²) in [6.45, 7) is 4.37. The van der Waals surface area contributed by atoms with Crippen LogP contribution in [0.5, 0.6) is 5.75 Å². The van der Waals surface area contributed by atoms with Gasteiger partial charge in [0.1, 0.15) is 6.10 Å². The zero-order valence-corrected chi connectivity index (χ0v) is 14.4. The summed E-state index contributed by atoms with van der Waals surface area (Å²) in [7, 11) is 0. The van der Waals surface area contributed by atoms with Crippen LogP contribution in [0.4, 0.5) is 0 Å². The molecule has 2 N–H and O–H groups in total. The Labute approximate surface area is 146 Å². The molecule has 2 rings (SSSR count). The Balaban J connectivity index is 2.26. The second kappa shape index (κ2) is 8.48. The van der Waals surface area contributed by atoms with Crippen molar-refractivity contribution in [2.24, 2.45) is 0 Å². The van der Waals surface area contributed by atoms with Crippen LogP contribution in [-0.4, -0.2) is 27.4 Å². The molecule has 0 saturated heterocycles. The molecule has 134 valence electrons. The minimum Gasteiger partial charge on any atom is -0.503 e. The van der Waals surface area contributed by atoms with Crippen molar-refractivity contribution >= 4 is 5.97 Å². The van der Waals surface area contributed by atoms with Crippen molar-refractivity contribution in [2.45, 2.75) is 39.3 Å². The Bertz CT molecular complexity index is 779. The number of aryl methyl sites for hydroxylation is 2. The van der Waals surface area contributed by atoms with E-state index in [2.05, 4.69) is 0 Å². The molecule has 0 aliphatic carbocycles. The summed E-state index contributed by atoms with van der Waals surface area (Å²) in [6.07, 6.45) is 1.06. The molecule has 0 radical (unpaired) electrons. The third-order valence-corrected chi connectivity index (χ3v) is 3.93. The quantitative estimate of drug-likeness (QED) is 0.752. The van der Waals surface area contributed by atoms with E-state index in [0.29, 0.717) is 25.1 Å². The third-order valence-electron chi connectivity index (χ3n) is 3.93. The van der Waals surface area contributed by atoms with E-state index in [0.717, 1.165) is 5.56 Å². The number of hydrogen-bond acceptors (Lipinski definition) is 5. The van der Waals surface area contributed by atoms with E-state index in [-0.39, 0.29) is 18.1 Å². The zero-order valence-electron chi connectivity index (χ0n) is 14.4. The average Bonchev–Trinajstić information content (AvgIpc) is 2.58. The molecule has 0 amide bonds. The van der Waals surface area contributed by atoms with Gasteiger partial charge in [0.15, 0.2) is 5.75 Å². The van der Waals surface area contributed by atoms with Gasteiger partial charge in [0.2, 0.25) is 5.43 Å². The molecule has 6 heteroatoms. The van der Waals surface area contributed by atoms with Crippen LogP contribution >= 0.6 is 0 Å². The number of benzene rings is 1. The van der Waals surface area contributed by atoms with Crippen molar-refractivity contribution in [1.82, 2.24) is 4.57 Å². The largest absolute Gasteiger partial charge is 0.503 e. The summed E-state index contributed by atoms with van der Waals surface area (Å²) < 4.78 is 6.48. The second-order valence-corrected chi connectivity index (χ2v) is 5.83. The van der Waals surface area contributed by atoms with Gasteiger partial charge < -0.3 is 19.5 Å². The van der Waals surface area contributed by atoms with Crippen LogP contribution in [0.3, 0.4) is 0 Å². The van der Waals surface area contributed by atoms with Crippen LogP contribution in [-0.2, 0) is 16.1 Å². The van der Waals surface area contributed by atoms with E-state index < -0.39 is 17.3 Å². The van der Waals surface area contributed by atoms with Gasteiger partial charge in [-0.3, -0.25) is 9.59 Å². The Morgan fingerprint density at radius 3 is 2.56 bits per heavy atom. The summed E-state index contributed by atoms with van der Waals surface area (Å²) in [5.41, 5.74) is 1.19. The highest BCUT2D eigenvalue weighted by Crippen LogP contribution is 2.27. The van der Waals surface area contributed by atoms with Crippen molar-refractivity contribution in [2.75, 3.05) is 6.61 Å². The van der Waals surface area contributed by atoms with Crippen LogP contribution in [0.15, 0.2) is 41.3 Å². The normalized spacial score (nSPS) is 12.0. The number of aromatic nitrogens is 1. The van der Waals surface area contributed by atoms with Gasteiger partial charge in [0.05, 0.1) is 12.3 Å². The molecule has 0 fully saturated rings. The maximum absolute atomic E-state index is 11.8. The third kappa shape index (κ3) is 4.70. The average molecular weight is 345 g/mol. The van der Waals surface area contributed by atoms with Gasteiger partial charge >= 0.3 is 5.97 Å². The first kappa shape index (κ1) is 18.7. The summed E-state index contributed by atoms with van der Waals surface area (Å²) in [5, 5.41) is 20.8. The molecule has 1 aromatic heterocycles. The minimum absolute atomic E-state index is 0.125. The van der Waals surface area contributed by atoms with Gasteiger partial charge in [0, 0.05) is 25.2 Å². The molecule has 2 aromatic rings. The van der Waals surface area contributed by atoms with Gasteiger partial charge in [-0.15, -0.1) is 0 Å². The van der Waals surface area contributed by atoms with Gasteiger partial charge in [0.25, 0.3) is 0 Å². The lowest BCUT2D eigenvalue weighted by atomic mass is 10.0. The Hall–Kier alpha value is -2.60. The highest BCUT2D eigenvalue weighted by Gasteiger charge is 2.20. The number of carbonyl (C=O) groups excluding carboxylic acids is 1. The number of aliphatic hydroxyl groups is 1. The fraction of sp³-hybridized carbons (Fsp3) is 0.368. The highest BCUT2D eigenvalue weighted by molar-refractivity contribution is 5.69. The number of carbonyl (C=O) groups is 1. The second-order valence-electron chi connectivity index (χ2n) is 5.83. The highest BCUT2D eigenvalue weighted by atomic mass is 16.5. The molecule has 0 spiro atoms. The smallest absolute Gasteiger partial charge is 0.305 e. The van der Waals surface area contributed by atoms with Crippen LogP contribution < -0.4 is 5.43 Å². The van der Waals surface area contributed by atoms with Crippen molar-refractivity contribution < 1.29 is 19.7 Å². The number of nitrogens with zero attached hydrogens (tertiary/aromatic N) is 1. The van der Waals surface area contributed by atoms with Crippen LogP contribution in [0, 0.1) is 6.92 Å². The lowest BCUT2D eigenvalue weighted by molar-refractivity contribution is -0.143. The number of pyridine rings is 1. The molecule has 1 atom stereocenters. The zero-order chi connectivity index (χ0) is 18.4. The molecule has 0 bridgehead atoms. The lowest BCUT2D eigenvalue weighted by Crippen LogP contribution is -2.17. The molecule has 0 aliphatic heterocycles. The van der Waals surface area contributed by atoms with Gasteiger partial charge in [-0.2, -0.15) is 0 Å². The topological polar surface area (TPSA) is 88.8 Å². The first-order valence-electron chi connectivity index (χ1n) is 8.26. The summed E-state index contributed by atoms with van der Waals surface area (Å²) >= 11 is 0. The van der Waals surface area contributed by atoms with Crippen LogP contribution in [0.1, 0.15) is 42.7 Å². The number of esters is 1.